The molecule has 0 atom stereocenters. The molecule has 0 saturated carbocycles. The molecule has 0 saturated heterocycles. The minimum absolute atomic E-state index is 0.0556. The van der Waals surface area contributed by atoms with E-state index < -0.39 is 6.10 Å². The van der Waals surface area contributed by atoms with Crippen molar-refractivity contribution < 1.29 is 18.0 Å². The van der Waals surface area contributed by atoms with Crippen LogP contribution in [0.4, 0.5) is 0 Å². The van der Waals surface area contributed by atoms with Crippen LogP contribution >= 0.6 is 0 Å². The molecule has 0 unspecified atom stereocenters. The molecule has 3 N–H and O–H groups in total. The van der Waals surface area contributed by atoms with Crippen molar-refractivity contribution in [2.24, 2.45) is 0 Å². The molecule has 0 aliphatic carbocycles. The van der Waals surface area contributed by atoms with Crippen LogP contribution in [0.5, 0.6) is 0 Å². The van der Waals surface area contributed by atoms with Gasteiger partial charge in [0, 0.05) is 0 Å². The van der Waals surface area contributed by atoms with Gasteiger partial charge in [-0.1, -0.05) is 0 Å². The normalized spacial score (nSPS) is 8.00. The Bertz CT molecular complexity index is 38.3. The number of rotatable bonds is 2. The summed E-state index contributed by atoms with van der Waals surface area (Å²) in [6, 6.07) is 0. The number of aliphatic hydroxyl groups excluding tert-OH is 3. The Labute approximate surface area is 63.3 Å². The molecule has 4 nitrogen and oxygen atoms in total. The van der Waals surface area contributed by atoms with E-state index in [9.17, 15) is 0 Å². The van der Waals surface area contributed by atoms with E-state index in [0.717, 1.165) is 0 Å². The summed E-state index contributed by atoms with van der Waals surface area (Å²) in [6.07, 6.45) is -0.954. The van der Waals surface area contributed by atoms with Gasteiger partial charge in [0.2, 0.25) is 0 Å². The minimum atomic E-state index is -0.954. The first kappa shape index (κ1) is 11.4. The molecule has 0 aromatic rings. The fourth-order valence-electron chi connectivity index (χ4n) is 0.0577. The van der Waals surface area contributed by atoms with Crippen molar-refractivity contribution in [3.8, 4) is 0 Å². The zero-order chi connectivity index (χ0) is 6.99. The van der Waals surface area contributed by atoms with Crippen molar-refractivity contribution in [3.05, 3.63) is 0 Å². The zero-order valence-electron chi connectivity index (χ0n) is 4.24. The molecule has 0 aliphatic heterocycles. The van der Waals surface area contributed by atoms with Gasteiger partial charge in [-0.25, -0.2) is 0 Å². The van der Waals surface area contributed by atoms with Crippen molar-refractivity contribution in [1.29, 1.82) is 0 Å². The van der Waals surface area contributed by atoms with Crippen LogP contribution in [0, 0.1) is 0 Å². The van der Waals surface area contributed by atoms with Crippen molar-refractivity contribution >= 4 is 25.8 Å². The Morgan fingerprint density at radius 1 is 1.25 bits per heavy atom. The molecular formula is C3H8O4Pb. The molecule has 0 amide bonds. The maximum absolute atomic E-state index is 8.39. The number of hydrogen-bond acceptors (Lipinski definition) is 4. The average Bonchev–Trinajstić information content (AvgIpc) is 1.91. The monoisotopic (exact) mass is 316 g/mol. The third-order valence-electron chi connectivity index (χ3n) is 0.421. The summed E-state index contributed by atoms with van der Waals surface area (Å²) >= 11 is 0.0556. The molecule has 8 heavy (non-hydrogen) atoms. The van der Waals surface area contributed by atoms with Crippen LogP contribution in [0.2, 0.25) is 0 Å². The van der Waals surface area contributed by atoms with E-state index >= 15 is 0 Å². The topological polar surface area (TPSA) is 77.8 Å². The van der Waals surface area contributed by atoms with Crippen LogP contribution in [0.25, 0.3) is 0 Å². The molecule has 0 bridgehead atoms. The molecule has 0 aromatic carbocycles. The van der Waals surface area contributed by atoms with Gasteiger partial charge in [0.15, 0.2) is 0 Å². The van der Waals surface area contributed by atoms with Crippen LogP contribution < -0.4 is 0 Å². The number of aliphatic hydroxyl groups is 3. The molecule has 48 valence electrons. The third kappa shape index (κ3) is 9.78. The third-order valence-corrected chi connectivity index (χ3v) is 0.421. The van der Waals surface area contributed by atoms with E-state index in [-0.39, 0.29) is 39.0 Å². The van der Waals surface area contributed by atoms with Crippen molar-refractivity contribution in [2.75, 3.05) is 13.2 Å². The Morgan fingerprint density at radius 3 is 1.50 bits per heavy atom. The van der Waals surface area contributed by atoms with Gasteiger partial charge in [0.05, 0.1) is 13.2 Å². The van der Waals surface area contributed by atoms with Gasteiger partial charge >= 0.3 is 28.5 Å². The quantitative estimate of drug-likeness (QED) is 0.507. The fraction of sp³-hybridized carbons (Fsp3) is 1.00. The molecular weight excluding hydrogens is 307 g/mol. The van der Waals surface area contributed by atoms with Crippen LogP contribution in [0.15, 0.2) is 0 Å². The van der Waals surface area contributed by atoms with Crippen LogP contribution in [-0.2, 0) is 2.69 Å². The van der Waals surface area contributed by atoms with Gasteiger partial charge in [-0.2, -0.15) is 0 Å². The fourth-order valence-corrected chi connectivity index (χ4v) is 0.0577. The molecule has 0 heterocycles. The van der Waals surface area contributed by atoms with E-state index in [1.165, 1.54) is 0 Å². The van der Waals surface area contributed by atoms with Crippen LogP contribution in [-0.4, -0.2) is 60.4 Å². The Kier molecular flexibility index (Phi) is 15.1. The molecule has 5 heteroatoms. The van der Waals surface area contributed by atoms with E-state index in [1.54, 1.807) is 0 Å². The van der Waals surface area contributed by atoms with Crippen LogP contribution in [0.1, 0.15) is 0 Å². The van der Waals surface area contributed by atoms with Gasteiger partial charge in [-0.15, -0.1) is 0 Å². The second-order valence-corrected chi connectivity index (χ2v) is 1.02. The summed E-state index contributed by atoms with van der Waals surface area (Å²) in [4.78, 5) is 0. The molecule has 0 spiro atoms. The van der Waals surface area contributed by atoms with E-state index in [4.69, 9.17) is 18.0 Å². The standard InChI is InChI=1S/C3H8O3.O.Pb/c4-1-3(6)2-5;;/h3-6H,1-2H2;;. The second kappa shape index (κ2) is 10.6. The van der Waals surface area contributed by atoms with Crippen molar-refractivity contribution in [1.82, 2.24) is 0 Å². The van der Waals surface area contributed by atoms with Crippen molar-refractivity contribution in [3.63, 3.8) is 0 Å². The van der Waals surface area contributed by atoms with E-state index in [2.05, 4.69) is 0 Å². The zero-order valence-corrected chi connectivity index (χ0v) is 8.13. The summed E-state index contributed by atoms with van der Waals surface area (Å²) in [5, 5.41) is 24.0. The first-order valence-electron chi connectivity index (χ1n) is 1.91. The molecule has 0 aliphatic rings. The summed E-state index contributed by atoms with van der Waals surface area (Å²) < 4.78 is 8.39. The van der Waals surface area contributed by atoms with Gasteiger partial charge in [0.25, 0.3) is 0 Å². The summed E-state index contributed by atoms with van der Waals surface area (Å²) in [6.45, 7) is -0.729. The molecule has 0 fully saturated rings. The van der Waals surface area contributed by atoms with E-state index in [1.807, 2.05) is 0 Å². The predicted octanol–water partition coefficient (Wildman–Crippen LogP) is -2.17. The summed E-state index contributed by atoms with van der Waals surface area (Å²) in [7, 11) is 0. The van der Waals surface area contributed by atoms with Crippen molar-refractivity contribution in [2.45, 2.75) is 6.10 Å². The van der Waals surface area contributed by atoms with Crippen LogP contribution in [0.3, 0.4) is 0 Å². The summed E-state index contributed by atoms with van der Waals surface area (Å²) in [5.74, 6) is 0. The van der Waals surface area contributed by atoms with Gasteiger partial charge in [0.1, 0.15) is 6.10 Å². The van der Waals surface area contributed by atoms with Gasteiger partial charge in [-0.3, -0.25) is 0 Å². The average molecular weight is 315 g/mol. The van der Waals surface area contributed by atoms with Gasteiger partial charge < -0.3 is 15.3 Å². The Balaban J connectivity index is 0. The molecule has 0 rings (SSSR count). The number of hydrogen-bond donors (Lipinski definition) is 3. The second-order valence-electron chi connectivity index (χ2n) is 1.02. The first-order chi connectivity index (χ1) is 3.81. The molecule has 0 aromatic heterocycles. The molecule has 2 radical (unpaired) electrons. The Morgan fingerprint density at radius 2 is 1.50 bits per heavy atom. The van der Waals surface area contributed by atoms with E-state index in [0.29, 0.717) is 0 Å². The van der Waals surface area contributed by atoms with Gasteiger partial charge in [-0.05, 0) is 0 Å². The summed E-state index contributed by atoms with van der Waals surface area (Å²) in [5.41, 5.74) is 0. The predicted molar refractivity (Wildman–Crippen MR) is 26.6 cm³/mol. The first-order valence-corrected chi connectivity index (χ1v) is 3.50. The maximum atomic E-state index is 8.39. The Hall–Kier alpha value is 0.602. The SMILES string of the molecule is OCC(O)CO.[O]=[Pb].